The Balaban J connectivity index is 1.41. The van der Waals surface area contributed by atoms with Crippen molar-refractivity contribution in [3.05, 3.63) is 0 Å². The lowest BCUT2D eigenvalue weighted by atomic mass is 10.0. The van der Waals surface area contributed by atoms with Crippen molar-refractivity contribution in [1.29, 1.82) is 0 Å². The number of hydrogen-bond donors (Lipinski definition) is 2. The number of hydrogen-bond acceptors (Lipinski definition) is 8. The molecule has 12 heteroatoms. The molecule has 0 aliphatic carbocycles. The minimum Gasteiger partial charge on any atom is -0.390 e. The van der Waals surface area contributed by atoms with Crippen LogP contribution in [-0.4, -0.2) is 146 Å². The maximum absolute atomic E-state index is 13.5. The van der Waals surface area contributed by atoms with Crippen LogP contribution >= 0.6 is 0 Å². The van der Waals surface area contributed by atoms with E-state index in [9.17, 15) is 29.4 Å². The average molecular weight is 551 g/mol. The summed E-state index contributed by atoms with van der Waals surface area (Å²) in [6.07, 6.45) is 4.85. The minimum absolute atomic E-state index is 0.126. The van der Waals surface area contributed by atoms with Crippen molar-refractivity contribution in [1.82, 2.24) is 29.4 Å². The first kappa shape index (κ1) is 29.7. The summed E-state index contributed by atoms with van der Waals surface area (Å²) in [5, 5.41) is 21.4. The van der Waals surface area contributed by atoms with Crippen molar-refractivity contribution in [2.75, 3.05) is 59.0 Å². The second kappa shape index (κ2) is 11.7. The fourth-order valence-electron chi connectivity index (χ4n) is 6.19. The SMILES string of the molecule is CC1(C)C(=O)N(C[C@H](O)CN2CCCCC2)C(=O)N1CN1C(=O)N(C[C@H](O)CN2CCCCC2)C(=O)C1(C)C. The number of carbonyl (C=O) groups is 4. The molecule has 0 radical (unpaired) electrons. The van der Waals surface area contributed by atoms with Crippen LogP contribution in [0.1, 0.15) is 66.2 Å². The highest BCUT2D eigenvalue weighted by atomic mass is 16.3. The molecule has 4 fully saturated rings. The summed E-state index contributed by atoms with van der Waals surface area (Å²) < 4.78 is 0. The molecule has 0 aromatic rings. The van der Waals surface area contributed by atoms with Gasteiger partial charge in [-0.1, -0.05) is 12.8 Å². The van der Waals surface area contributed by atoms with Gasteiger partial charge in [-0.2, -0.15) is 0 Å². The van der Waals surface area contributed by atoms with Gasteiger partial charge in [-0.15, -0.1) is 0 Å². The molecule has 0 saturated carbocycles. The molecule has 4 aliphatic heterocycles. The van der Waals surface area contributed by atoms with Crippen LogP contribution < -0.4 is 0 Å². The van der Waals surface area contributed by atoms with E-state index in [-0.39, 0.29) is 19.8 Å². The van der Waals surface area contributed by atoms with Gasteiger partial charge in [-0.05, 0) is 79.6 Å². The highest BCUT2D eigenvalue weighted by Gasteiger charge is 2.57. The first-order valence-electron chi connectivity index (χ1n) is 14.4. The van der Waals surface area contributed by atoms with E-state index in [0.717, 1.165) is 61.7 Å². The van der Waals surface area contributed by atoms with Crippen molar-refractivity contribution in [3.63, 3.8) is 0 Å². The van der Waals surface area contributed by atoms with E-state index in [4.69, 9.17) is 0 Å². The summed E-state index contributed by atoms with van der Waals surface area (Å²) >= 11 is 0. The highest BCUT2D eigenvalue weighted by Crippen LogP contribution is 2.33. The van der Waals surface area contributed by atoms with Crippen molar-refractivity contribution >= 4 is 23.9 Å². The molecule has 39 heavy (non-hydrogen) atoms. The number of β-amino-alcohol motifs (C(OH)–C–C–N with tert-alkyl or cyclic N) is 2. The lowest BCUT2D eigenvalue weighted by Gasteiger charge is -2.36. The number of urea groups is 2. The summed E-state index contributed by atoms with van der Waals surface area (Å²) in [4.78, 5) is 62.5. The Bertz CT molecular complexity index is 871. The summed E-state index contributed by atoms with van der Waals surface area (Å²) in [5.74, 6) is -0.899. The number of carbonyl (C=O) groups excluding carboxylic acids is 4. The number of rotatable bonds is 10. The Kier molecular flexibility index (Phi) is 8.89. The van der Waals surface area contributed by atoms with Crippen molar-refractivity contribution in [2.45, 2.75) is 89.5 Å². The van der Waals surface area contributed by atoms with Gasteiger partial charge >= 0.3 is 12.1 Å². The first-order valence-corrected chi connectivity index (χ1v) is 14.4. The molecule has 2 atom stereocenters. The molecule has 4 aliphatic rings. The van der Waals surface area contributed by atoms with Crippen LogP contribution in [0.15, 0.2) is 0 Å². The number of aliphatic hydroxyl groups is 2. The summed E-state index contributed by atoms with van der Waals surface area (Å²) in [6.45, 7) is 10.3. The Morgan fingerprint density at radius 1 is 0.590 bits per heavy atom. The molecule has 220 valence electrons. The van der Waals surface area contributed by atoms with Crippen molar-refractivity contribution < 1.29 is 29.4 Å². The van der Waals surface area contributed by atoms with Crippen LogP contribution in [-0.2, 0) is 9.59 Å². The van der Waals surface area contributed by atoms with E-state index >= 15 is 0 Å². The molecule has 2 N–H and O–H groups in total. The predicted molar refractivity (Wildman–Crippen MR) is 144 cm³/mol. The van der Waals surface area contributed by atoms with Gasteiger partial charge < -0.3 is 20.0 Å². The third-order valence-corrected chi connectivity index (χ3v) is 8.72. The maximum atomic E-state index is 13.5. The molecule has 0 aromatic carbocycles. The smallest absolute Gasteiger partial charge is 0.329 e. The van der Waals surface area contributed by atoms with Crippen LogP contribution in [0, 0.1) is 0 Å². The molecule has 6 amide bonds. The van der Waals surface area contributed by atoms with Gasteiger partial charge in [-0.3, -0.25) is 29.2 Å². The van der Waals surface area contributed by atoms with E-state index in [1.807, 2.05) is 0 Å². The summed E-state index contributed by atoms with van der Waals surface area (Å²) in [6, 6.07) is -1.19. The van der Waals surface area contributed by atoms with Crippen molar-refractivity contribution in [2.24, 2.45) is 0 Å². The molecule has 0 spiro atoms. The Hall–Kier alpha value is -2.28. The Morgan fingerprint density at radius 3 is 1.26 bits per heavy atom. The predicted octanol–water partition coefficient (Wildman–Crippen LogP) is 0.723. The fraction of sp³-hybridized carbons (Fsp3) is 0.852. The van der Waals surface area contributed by atoms with Gasteiger partial charge in [0.05, 0.1) is 25.3 Å². The molecular formula is C27H46N6O6. The van der Waals surface area contributed by atoms with E-state index in [0.29, 0.717) is 13.1 Å². The average Bonchev–Trinajstić information content (AvgIpc) is 3.14. The fourth-order valence-corrected chi connectivity index (χ4v) is 6.19. The van der Waals surface area contributed by atoms with Gasteiger partial charge in [0, 0.05) is 13.1 Å². The number of imide groups is 2. The normalized spacial score (nSPS) is 26.2. The molecule has 0 unspecified atom stereocenters. The lowest BCUT2D eigenvalue weighted by Crippen LogP contribution is -2.55. The minimum atomic E-state index is -1.26. The quantitative estimate of drug-likeness (QED) is 0.381. The van der Waals surface area contributed by atoms with Crippen LogP contribution in [0.4, 0.5) is 9.59 Å². The zero-order valence-electron chi connectivity index (χ0n) is 24.0. The lowest BCUT2D eigenvalue weighted by molar-refractivity contribution is -0.134. The first-order chi connectivity index (χ1) is 18.3. The number of nitrogens with zero attached hydrogens (tertiary/aromatic N) is 6. The van der Waals surface area contributed by atoms with E-state index in [1.165, 1.54) is 22.6 Å². The molecule has 4 saturated heterocycles. The Labute approximate surface area is 231 Å². The van der Waals surface area contributed by atoms with Gasteiger partial charge in [0.1, 0.15) is 17.7 Å². The van der Waals surface area contributed by atoms with Crippen LogP contribution in [0.25, 0.3) is 0 Å². The molecule has 0 aromatic heterocycles. The molecule has 4 rings (SSSR count). The zero-order valence-corrected chi connectivity index (χ0v) is 24.0. The molecule has 4 heterocycles. The van der Waals surface area contributed by atoms with Gasteiger partial charge in [0.15, 0.2) is 0 Å². The summed E-state index contributed by atoms with van der Waals surface area (Å²) in [5.41, 5.74) is -2.52. The molecular weight excluding hydrogens is 504 g/mol. The van der Waals surface area contributed by atoms with Gasteiger partial charge in [0.25, 0.3) is 11.8 Å². The monoisotopic (exact) mass is 550 g/mol. The number of piperidine rings is 2. The third-order valence-electron chi connectivity index (χ3n) is 8.72. The van der Waals surface area contributed by atoms with Gasteiger partial charge in [-0.25, -0.2) is 9.59 Å². The van der Waals surface area contributed by atoms with Gasteiger partial charge in [0.2, 0.25) is 0 Å². The number of likely N-dealkylation sites (tertiary alicyclic amines) is 2. The standard InChI is InChI=1S/C27H46N6O6/c1-26(2)22(36)30(17-20(34)15-28-11-7-5-8-12-28)24(38)32(26)19-33-25(39)31(23(37)27(33,3)4)18-21(35)16-29-13-9-6-10-14-29/h20-21,34-35H,5-19H2,1-4H3/t20-,21-/m1/s1. The number of amides is 6. The highest BCUT2D eigenvalue weighted by molar-refractivity contribution is 6.08. The van der Waals surface area contributed by atoms with E-state index < -0.39 is 47.2 Å². The van der Waals surface area contributed by atoms with Crippen LogP contribution in [0.5, 0.6) is 0 Å². The second-order valence-electron chi connectivity index (χ2n) is 12.5. The Morgan fingerprint density at radius 2 is 0.923 bits per heavy atom. The topological polar surface area (TPSA) is 128 Å². The summed E-state index contributed by atoms with van der Waals surface area (Å²) in [7, 11) is 0. The van der Waals surface area contributed by atoms with Crippen LogP contribution in [0.3, 0.4) is 0 Å². The molecule has 0 bridgehead atoms. The van der Waals surface area contributed by atoms with Crippen molar-refractivity contribution in [3.8, 4) is 0 Å². The number of aliphatic hydroxyl groups excluding tert-OH is 2. The maximum Gasteiger partial charge on any atom is 0.329 e. The second-order valence-corrected chi connectivity index (χ2v) is 12.5. The third kappa shape index (κ3) is 6.08. The van der Waals surface area contributed by atoms with E-state index in [2.05, 4.69) is 9.80 Å². The molecule has 12 nitrogen and oxygen atoms in total. The van der Waals surface area contributed by atoms with E-state index in [1.54, 1.807) is 27.7 Å². The zero-order chi connectivity index (χ0) is 28.5. The van der Waals surface area contributed by atoms with Crippen LogP contribution in [0.2, 0.25) is 0 Å². The largest absolute Gasteiger partial charge is 0.390 e.